The van der Waals surface area contributed by atoms with Crippen molar-refractivity contribution in [1.29, 1.82) is 0 Å². The van der Waals surface area contributed by atoms with E-state index in [-0.39, 0.29) is 6.04 Å². The molecule has 4 N–H and O–H groups in total. The van der Waals surface area contributed by atoms with Crippen LogP contribution in [0.5, 0.6) is 0 Å². The van der Waals surface area contributed by atoms with E-state index >= 15 is 0 Å². The quantitative estimate of drug-likeness (QED) is 0.605. The lowest BCUT2D eigenvalue weighted by atomic mass is 9.82. The lowest BCUT2D eigenvalue weighted by Gasteiger charge is -2.30. The molecule has 1 aliphatic rings. The van der Waals surface area contributed by atoms with Crippen LogP contribution in [0.1, 0.15) is 32.6 Å². The van der Waals surface area contributed by atoms with Crippen LogP contribution in [0.25, 0.3) is 0 Å². The third kappa shape index (κ3) is 3.22. The summed E-state index contributed by atoms with van der Waals surface area (Å²) in [6, 6.07) is 0.387. The summed E-state index contributed by atoms with van der Waals surface area (Å²) in [5.41, 5.74) is 5.76. The molecule has 0 spiro atoms. The van der Waals surface area contributed by atoms with Gasteiger partial charge in [-0.05, 0) is 38.5 Å². The van der Waals surface area contributed by atoms with Crippen molar-refractivity contribution in [2.24, 2.45) is 11.7 Å². The first kappa shape index (κ1) is 10.3. The van der Waals surface area contributed by atoms with Crippen LogP contribution in [-0.4, -0.2) is 23.3 Å². The summed E-state index contributed by atoms with van der Waals surface area (Å²) in [4.78, 5) is 10.4. The minimum Gasteiger partial charge on any atom is -0.465 e. The van der Waals surface area contributed by atoms with Crippen molar-refractivity contribution in [2.45, 2.75) is 44.7 Å². The van der Waals surface area contributed by atoms with Gasteiger partial charge in [-0.25, -0.2) is 4.79 Å². The van der Waals surface area contributed by atoms with Gasteiger partial charge in [0.15, 0.2) is 0 Å². The second-order valence-electron chi connectivity index (χ2n) is 3.91. The normalized spacial score (nSPS) is 30.9. The smallest absolute Gasteiger partial charge is 0.404 e. The molecule has 0 bridgehead atoms. The first-order valence-corrected chi connectivity index (χ1v) is 4.84. The summed E-state index contributed by atoms with van der Waals surface area (Å²) < 4.78 is 0. The van der Waals surface area contributed by atoms with Gasteiger partial charge < -0.3 is 16.2 Å². The lowest BCUT2D eigenvalue weighted by Crippen LogP contribution is -2.40. The van der Waals surface area contributed by atoms with Crippen molar-refractivity contribution in [3.63, 3.8) is 0 Å². The number of rotatable bonds is 2. The Morgan fingerprint density at radius 2 is 2.00 bits per heavy atom. The fourth-order valence-electron chi connectivity index (χ4n) is 1.96. The van der Waals surface area contributed by atoms with Gasteiger partial charge in [0, 0.05) is 12.1 Å². The summed E-state index contributed by atoms with van der Waals surface area (Å²) in [6.07, 6.45) is 3.21. The minimum absolute atomic E-state index is 0.0602. The molecule has 0 radical (unpaired) electrons. The molecule has 1 fully saturated rings. The maximum Gasteiger partial charge on any atom is 0.404 e. The molecule has 4 nitrogen and oxygen atoms in total. The molecule has 0 aliphatic heterocycles. The van der Waals surface area contributed by atoms with E-state index in [4.69, 9.17) is 10.8 Å². The van der Waals surface area contributed by atoms with E-state index < -0.39 is 6.09 Å². The summed E-state index contributed by atoms with van der Waals surface area (Å²) in [5, 5.41) is 11.0. The van der Waals surface area contributed by atoms with Gasteiger partial charge in [-0.3, -0.25) is 0 Å². The van der Waals surface area contributed by atoms with Crippen molar-refractivity contribution in [3.8, 4) is 0 Å². The molecule has 0 heterocycles. The number of nitrogens with one attached hydrogen (secondary N) is 1. The fourth-order valence-corrected chi connectivity index (χ4v) is 1.96. The molecule has 1 atom stereocenters. The van der Waals surface area contributed by atoms with Gasteiger partial charge in [0.25, 0.3) is 0 Å². The first-order chi connectivity index (χ1) is 6.09. The summed E-state index contributed by atoms with van der Waals surface area (Å²) in [5.74, 6) is 0.468. The highest BCUT2D eigenvalue weighted by molar-refractivity contribution is 5.64. The van der Waals surface area contributed by atoms with E-state index in [9.17, 15) is 4.79 Å². The maximum absolute atomic E-state index is 10.4. The number of hydrogen-bond acceptors (Lipinski definition) is 2. The third-order valence-corrected chi connectivity index (χ3v) is 2.87. The zero-order valence-electron chi connectivity index (χ0n) is 7.99. The summed E-state index contributed by atoms with van der Waals surface area (Å²) >= 11 is 0. The highest BCUT2D eigenvalue weighted by Gasteiger charge is 2.24. The van der Waals surface area contributed by atoms with Crippen LogP contribution in [0.4, 0.5) is 4.79 Å². The molecule has 1 saturated carbocycles. The Kier molecular flexibility index (Phi) is 3.54. The molecule has 0 aromatic rings. The Labute approximate surface area is 78.5 Å². The van der Waals surface area contributed by atoms with Crippen LogP contribution < -0.4 is 11.1 Å². The van der Waals surface area contributed by atoms with Gasteiger partial charge in [-0.2, -0.15) is 0 Å². The Morgan fingerprint density at radius 1 is 1.46 bits per heavy atom. The van der Waals surface area contributed by atoms with Crippen molar-refractivity contribution in [1.82, 2.24) is 5.32 Å². The van der Waals surface area contributed by atoms with Crippen LogP contribution in [0, 0.1) is 5.92 Å². The molecular weight excluding hydrogens is 168 g/mol. The molecule has 1 rings (SSSR count). The third-order valence-electron chi connectivity index (χ3n) is 2.87. The van der Waals surface area contributed by atoms with E-state index in [0.29, 0.717) is 12.0 Å². The zero-order chi connectivity index (χ0) is 9.84. The van der Waals surface area contributed by atoms with Crippen molar-refractivity contribution < 1.29 is 9.90 Å². The Morgan fingerprint density at radius 3 is 2.46 bits per heavy atom. The standard InChI is InChI=1S/C9H18N2O2/c1-6(11-9(12)13)7-2-4-8(10)5-3-7/h6-8,11H,2-5,10H2,1H3,(H,12,13)/t6?,7-,8-. The topological polar surface area (TPSA) is 75.3 Å². The van der Waals surface area contributed by atoms with Crippen LogP contribution >= 0.6 is 0 Å². The number of carbonyl (C=O) groups is 1. The Balaban J connectivity index is 2.31. The minimum atomic E-state index is -0.928. The molecule has 13 heavy (non-hydrogen) atoms. The number of hydrogen-bond donors (Lipinski definition) is 3. The molecule has 1 unspecified atom stereocenters. The monoisotopic (exact) mass is 186 g/mol. The van der Waals surface area contributed by atoms with Crippen molar-refractivity contribution in [3.05, 3.63) is 0 Å². The highest BCUT2D eigenvalue weighted by Crippen LogP contribution is 2.25. The van der Waals surface area contributed by atoms with Gasteiger partial charge in [0.1, 0.15) is 0 Å². The van der Waals surface area contributed by atoms with E-state index in [1.807, 2.05) is 6.92 Å². The van der Waals surface area contributed by atoms with Crippen LogP contribution in [0.2, 0.25) is 0 Å². The van der Waals surface area contributed by atoms with Gasteiger partial charge in [0.2, 0.25) is 0 Å². The van der Waals surface area contributed by atoms with Gasteiger partial charge >= 0.3 is 6.09 Å². The lowest BCUT2D eigenvalue weighted by molar-refractivity contribution is 0.179. The highest BCUT2D eigenvalue weighted by atomic mass is 16.4. The van der Waals surface area contributed by atoms with Gasteiger partial charge in [0.05, 0.1) is 0 Å². The molecule has 4 heteroatoms. The predicted octanol–water partition coefficient (Wildman–Crippen LogP) is 1.16. The summed E-state index contributed by atoms with van der Waals surface area (Å²) in [7, 11) is 0. The van der Waals surface area contributed by atoms with Crippen LogP contribution in [-0.2, 0) is 0 Å². The molecule has 76 valence electrons. The number of amides is 1. The van der Waals surface area contributed by atoms with Crippen LogP contribution in [0.15, 0.2) is 0 Å². The SMILES string of the molecule is CC(NC(=O)O)[C@H]1CC[C@H](N)CC1. The van der Waals surface area contributed by atoms with Gasteiger partial charge in [-0.1, -0.05) is 0 Å². The molecular formula is C9H18N2O2. The molecule has 1 aliphatic carbocycles. The maximum atomic E-state index is 10.4. The van der Waals surface area contributed by atoms with E-state index in [1.54, 1.807) is 0 Å². The van der Waals surface area contributed by atoms with E-state index in [2.05, 4.69) is 5.32 Å². The average Bonchev–Trinajstić information content (AvgIpc) is 2.04. The molecule has 0 aromatic carbocycles. The number of nitrogens with two attached hydrogens (primary N) is 1. The summed E-state index contributed by atoms with van der Waals surface area (Å²) in [6.45, 7) is 1.93. The number of carboxylic acid groups (broad SMARTS) is 1. The second-order valence-corrected chi connectivity index (χ2v) is 3.91. The molecule has 0 aromatic heterocycles. The molecule has 1 amide bonds. The van der Waals surface area contributed by atoms with Crippen molar-refractivity contribution >= 4 is 6.09 Å². The van der Waals surface area contributed by atoms with Crippen LogP contribution in [0.3, 0.4) is 0 Å². The first-order valence-electron chi connectivity index (χ1n) is 4.84. The zero-order valence-corrected chi connectivity index (χ0v) is 7.99. The van der Waals surface area contributed by atoms with Gasteiger partial charge in [-0.15, -0.1) is 0 Å². The fraction of sp³-hybridized carbons (Fsp3) is 0.889. The average molecular weight is 186 g/mol. The van der Waals surface area contributed by atoms with E-state index in [0.717, 1.165) is 25.7 Å². The Hall–Kier alpha value is -0.770. The Bertz CT molecular complexity index is 176. The van der Waals surface area contributed by atoms with Crippen molar-refractivity contribution in [2.75, 3.05) is 0 Å². The van der Waals surface area contributed by atoms with E-state index in [1.165, 1.54) is 0 Å². The molecule has 0 saturated heterocycles. The predicted molar refractivity (Wildman–Crippen MR) is 50.6 cm³/mol. The largest absolute Gasteiger partial charge is 0.465 e. The second kappa shape index (κ2) is 4.46.